The number of benzene rings is 1. The number of nitrogens with zero attached hydrogens (tertiary/aromatic N) is 6. The van der Waals surface area contributed by atoms with E-state index >= 15 is 0 Å². The van der Waals surface area contributed by atoms with E-state index in [2.05, 4.69) is 59.6 Å². The first-order chi connectivity index (χ1) is 16.2. The van der Waals surface area contributed by atoms with Gasteiger partial charge in [0.15, 0.2) is 11.6 Å². The van der Waals surface area contributed by atoms with Crippen molar-refractivity contribution in [1.29, 1.82) is 0 Å². The van der Waals surface area contributed by atoms with Crippen molar-refractivity contribution in [3.63, 3.8) is 0 Å². The van der Waals surface area contributed by atoms with E-state index in [1.54, 1.807) is 0 Å². The van der Waals surface area contributed by atoms with E-state index in [1.165, 1.54) is 12.8 Å². The molecule has 0 radical (unpaired) electrons. The Bertz CT molecular complexity index is 936. The molecule has 0 saturated carbocycles. The smallest absolute Gasteiger partial charge is 0.255 e. The van der Waals surface area contributed by atoms with Gasteiger partial charge >= 0.3 is 0 Å². The number of hydrogen-bond acceptors (Lipinski definition) is 7. The van der Waals surface area contributed by atoms with Crippen LogP contribution in [0.4, 0.5) is 11.6 Å². The van der Waals surface area contributed by atoms with Gasteiger partial charge in [0.25, 0.3) is 5.91 Å². The van der Waals surface area contributed by atoms with Crippen molar-refractivity contribution in [2.45, 2.75) is 18.9 Å². The molecule has 1 unspecified atom stereocenters. The number of rotatable bonds is 5. The molecule has 4 heterocycles. The number of amides is 1. The number of hydrogen-bond donors (Lipinski definition) is 0. The first kappa shape index (κ1) is 22.8. The minimum atomic E-state index is 0.111. The van der Waals surface area contributed by atoms with Crippen molar-refractivity contribution in [1.82, 2.24) is 20.0 Å². The van der Waals surface area contributed by atoms with Gasteiger partial charge in [-0.3, -0.25) is 9.69 Å². The van der Waals surface area contributed by atoms with Crippen molar-refractivity contribution >= 4 is 40.1 Å². The molecule has 1 amide bonds. The summed E-state index contributed by atoms with van der Waals surface area (Å²) < 4.78 is 6.78. The molecule has 0 N–H and O–H groups in total. The zero-order chi connectivity index (χ0) is 22.6. The fourth-order valence-corrected chi connectivity index (χ4v) is 5.45. The zero-order valence-electron chi connectivity index (χ0n) is 18.9. The molecular weight excluding hydrogens is 531 g/mol. The van der Waals surface area contributed by atoms with Crippen molar-refractivity contribution in [2.24, 2.45) is 0 Å². The van der Waals surface area contributed by atoms with Crippen molar-refractivity contribution in [3.05, 3.63) is 45.5 Å². The maximum atomic E-state index is 12.9. The van der Waals surface area contributed by atoms with Crippen LogP contribution < -0.4 is 9.80 Å². The van der Waals surface area contributed by atoms with Gasteiger partial charge in [-0.15, -0.1) is 10.2 Å². The van der Waals surface area contributed by atoms with Crippen molar-refractivity contribution < 1.29 is 9.53 Å². The van der Waals surface area contributed by atoms with Gasteiger partial charge in [0, 0.05) is 69.1 Å². The maximum Gasteiger partial charge on any atom is 0.255 e. The maximum absolute atomic E-state index is 12.9. The normalized spacial score (nSPS) is 22.1. The monoisotopic (exact) mass is 562 g/mol. The molecule has 176 valence electrons. The van der Waals surface area contributed by atoms with Crippen LogP contribution >= 0.6 is 22.6 Å². The third-order valence-electron chi connectivity index (χ3n) is 6.81. The highest BCUT2D eigenvalue weighted by Crippen LogP contribution is 2.21. The molecule has 1 aromatic heterocycles. The summed E-state index contributed by atoms with van der Waals surface area (Å²) in [6.45, 7) is 8.93. The van der Waals surface area contributed by atoms with E-state index in [4.69, 9.17) is 4.74 Å². The molecule has 3 aliphatic rings. The average molecular weight is 562 g/mol. The minimum absolute atomic E-state index is 0.111. The summed E-state index contributed by atoms with van der Waals surface area (Å²) in [5.41, 5.74) is 0.784. The molecule has 3 fully saturated rings. The molecule has 0 aliphatic carbocycles. The number of carbonyl (C=O) groups excluding carboxylic acids is 1. The summed E-state index contributed by atoms with van der Waals surface area (Å²) in [5, 5.41) is 9.05. The van der Waals surface area contributed by atoms with E-state index in [9.17, 15) is 4.79 Å². The largest absolute Gasteiger partial charge is 0.377 e. The Hall–Kier alpha value is -1.98. The number of piperazine rings is 2. The van der Waals surface area contributed by atoms with Crippen LogP contribution in [0.5, 0.6) is 0 Å². The molecular formula is C24H31IN6O2. The molecule has 3 saturated heterocycles. The van der Waals surface area contributed by atoms with Gasteiger partial charge in [-0.1, -0.05) is 12.1 Å². The molecule has 0 bridgehead atoms. The van der Waals surface area contributed by atoms with Crippen LogP contribution in [-0.2, 0) is 4.74 Å². The molecule has 5 rings (SSSR count). The van der Waals surface area contributed by atoms with Gasteiger partial charge < -0.3 is 19.4 Å². The summed E-state index contributed by atoms with van der Waals surface area (Å²) in [4.78, 5) is 21.8. The SMILES string of the molecule is O=C(c1ccccc1I)N1CCN(c2ccc(N3CCN(CC4CCCO4)CC3)nn2)CC1. The van der Waals surface area contributed by atoms with Crippen LogP contribution in [0.3, 0.4) is 0 Å². The Morgan fingerprint density at radius 2 is 1.55 bits per heavy atom. The quantitative estimate of drug-likeness (QED) is 0.519. The Morgan fingerprint density at radius 1 is 0.909 bits per heavy atom. The second-order valence-corrected chi connectivity index (χ2v) is 10.1. The van der Waals surface area contributed by atoms with Crippen molar-refractivity contribution in [2.75, 3.05) is 75.3 Å². The van der Waals surface area contributed by atoms with Crippen LogP contribution in [-0.4, -0.2) is 97.5 Å². The van der Waals surface area contributed by atoms with Gasteiger partial charge in [-0.2, -0.15) is 0 Å². The van der Waals surface area contributed by atoms with Gasteiger partial charge in [0.1, 0.15) is 0 Å². The molecule has 3 aliphatic heterocycles. The van der Waals surface area contributed by atoms with E-state index < -0.39 is 0 Å². The molecule has 33 heavy (non-hydrogen) atoms. The van der Waals surface area contributed by atoms with Gasteiger partial charge in [0.2, 0.25) is 0 Å². The van der Waals surface area contributed by atoms with Gasteiger partial charge in [-0.05, 0) is 59.7 Å². The summed E-state index contributed by atoms with van der Waals surface area (Å²) in [7, 11) is 0. The number of halogens is 1. The highest BCUT2D eigenvalue weighted by molar-refractivity contribution is 14.1. The summed E-state index contributed by atoms with van der Waals surface area (Å²) in [6.07, 6.45) is 2.81. The number of carbonyl (C=O) groups is 1. The lowest BCUT2D eigenvalue weighted by Crippen LogP contribution is -2.49. The average Bonchev–Trinajstić information content (AvgIpc) is 3.38. The highest BCUT2D eigenvalue weighted by atomic mass is 127. The van der Waals surface area contributed by atoms with E-state index in [0.29, 0.717) is 19.2 Å². The molecule has 2 aromatic rings. The fraction of sp³-hybridized carbons (Fsp3) is 0.542. The number of ether oxygens (including phenoxy) is 1. The first-order valence-electron chi connectivity index (χ1n) is 11.9. The molecule has 1 aromatic carbocycles. The lowest BCUT2D eigenvalue weighted by molar-refractivity contribution is 0.0712. The van der Waals surface area contributed by atoms with Crippen LogP contribution in [0.1, 0.15) is 23.2 Å². The Kier molecular flexibility index (Phi) is 7.27. The second kappa shape index (κ2) is 10.5. The fourth-order valence-electron chi connectivity index (χ4n) is 4.83. The van der Waals surface area contributed by atoms with E-state index in [-0.39, 0.29) is 5.91 Å². The second-order valence-electron chi connectivity index (χ2n) is 8.93. The first-order valence-corrected chi connectivity index (χ1v) is 13.0. The van der Waals surface area contributed by atoms with Crippen molar-refractivity contribution in [3.8, 4) is 0 Å². The Balaban J connectivity index is 1.11. The Morgan fingerprint density at radius 3 is 2.12 bits per heavy atom. The molecule has 9 heteroatoms. The van der Waals surface area contributed by atoms with Gasteiger partial charge in [-0.25, -0.2) is 0 Å². The lowest BCUT2D eigenvalue weighted by atomic mass is 10.2. The summed E-state index contributed by atoms with van der Waals surface area (Å²) in [6, 6.07) is 11.9. The third kappa shape index (κ3) is 5.41. The zero-order valence-corrected chi connectivity index (χ0v) is 21.1. The third-order valence-corrected chi connectivity index (χ3v) is 7.75. The predicted octanol–water partition coefficient (Wildman–Crippen LogP) is 2.34. The summed E-state index contributed by atoms with van der Waals surface area (Å²) in [5.74, 6) is 1.94. The van der Waals surface area contributed by atoms with E-state index in [1.807, 2.05) is 29.2 Å². The topological polar surface area (TPSA) is 65.0 Å². The summed E-state index contributed by atoms with van der Waals surface area (Å²) >= 11 is 2.23. The predicted molar refractivity (Wildman–Crippen MR) is 137 cm³/mol. The van der Waals surface area contributed by atoms with Gasteiger partial charge in [0.05, 0.1) is 11.7 Å². The number of aromatic nitrogens is 2. The standard InChI is InChI=1S/C24H31IN6O2/c25-21-6-2-1-5-20(21)24(32)31-15-13-30(14-16-31)23-8-7-22(26-27-23)29-11-9-28(10-12-29)18-19-4-3-17-33-19/h1-2,5-8,19H,3-4,9-18H2. The van der Waals surface area contributed by atoms with Crippen LogP contribution in [0.25, 0.3) is 0 Å². The molecule has 0 spiro atoms. The molecule has 1 atom stereocenters. The van der Waals surface area contributed by atoms with E-state index in [0.717, 1.165) is 73.2 Å². The minimum Gasteiger partial charge on any atom is -0.377 e. The van der Waals surface area contributed by atoms with Crippen LogP contribution in [0, 0.1) is 3.57 Å². The lowest BCUT2D eigenvalue weighted by Gasteiger charge is -2.37. The van der Waals surface area contributed by atoms with Crippen LogP contribution in [0.2, 0.25) is 0 Å². The Labute approximate surface area is 209 Å². The number of anilines is 2. The van der Waals surface area contributed by atoms with Crippen LogP contribution in [0.15, 0.2) is 36.4 Å². The molecule has 8 nitrogen and oxygen atoms in total. The highest BCUT2D eigenvalue weighted by Gasteiger charge is 2.26.